The van der Waals surface area contributed by atoms with E-state index in [0.29, 0.717) is 11.4 Å². The van der Waals surface area contributed by atoms with Gasteiger partial charge in [0.15, 0.2) is 5.90 Å². The maximum absolute atomic E-state index is 7.94. The Morgan fingerprint density at radius 2 is 2.05 bits per heavy atom. The Balaban J connectivity index is 1.91. The van der Waals surface area contributed by atoms with Crippen molar-refractivity contribution in [1.82, 2.24) is 9.88 Å². The summed E-state index contributed by atoms with van der Waals surface area (Å²) in [6.45, 7) is 1.93. The molecule has 6 heteroatoms. The number of ether oxygens (including phenoxy) is 1. The number of nitrogens with zero attached hydrogens (tertiary/aromatic N) is 2. The third-order valence-electron chi connectivity index (χ3n) is 3.35. The molecule has 0 atom stereocenters. The fourth-order valence-electron chi connectivity index (χ4n) is 2.06. The van der Waals surface area contributed by atoms with Crippen molar-refractivity contribution in [2.75, 3.05) is 25.9 Å². The lowest BCUT2D eigenvalue weighted by atomic mass is 9.97. The topological polar surface area (TPSA) is 99.1 Å². The van der Waals surface area contributed by atoms with Gasteiger partial charge in [-0.15, -0.1) is 0 Å². The molecule has 2 heterocycles. The summed E-state index contributed by atoms with van der Waals surface area (Å²) >= 11 is 0. The molecule has 19 heavy (non-hydrogen) atoms. The summed E-state index contributed by atoms with van der Waals surface area (Å²) in [6, 6.07) is 3.29. The lowest BCUT2D eigenvalue weighted by molar-refractivity contribution is 0.240. The highest BCUT2D eigenvalue weighted by atomic mass is 16.5. The van der Waals surface area contributed by atoms with Gasteiger partial charge in [-0.05, 0) is 45.1 Å². The van der Waals surface area contributed by atoms with Crippen molar-refractivity contribution in [3.05, 3.63) is 23.9 Å². The maximum atomic E-state index is 7.94. The van der Waals surface area contributed by atoms with Crippen LogP contribution in [0.3, 0.4) is 0 Å². The molecule has 102 valence electrons. The van der Waals surface area contributed by atoms with E-state index >= 15 is 0 Å². The van der Waals surface area contributed by atoms with Crippen LogP contribution in [0, 0.1) is 16.7 Å². The maximum Gasteiger partial charge on any atom is 0.222 e. The molecule has 0 aromatic carbocycles. The molecule has 6 nitrogen and oxygen atoms in total. The second-order valence-corrected chi connectivity index (χ2v) is 4.84. The van der Waals surface area contributed by atoms with E-state index in [1.807, 2.05) is 0 Å². The molecule has 0 bridgehead atoms. The van der Waals surface area contributed by atoms with Crippen molar-refractivity contribution in [1.29, 1.82) is 10.8 Å². The molecule has 0 amide bonds. The molecule has 0 radical (unpaired) electrons. The number of hydrogen-bond donors (Lipinski definition) is 3. The zero-order valence-electron chi connectivity index (χ0n) is 11.0. The number of aromatic nitrogens is 1. The van der Waals surface area contributed by atoms with E-state index in [0.717, 1.165) is 25.9 Å². The number of pyridine rings is 1. The number of piperidine rings is 1. The van der Waals surface area contributed by atoms with E-state index in [2.05, 4.69) is 16.9 Å². The number of nitrogen functional groups attached to an aromatic ring is 1. The molecule has 1 aliphatic rings. The Hall–Kier alpha value is -1.95. The molecule has 1 aliphatic heterocycles. The highest BCUT2D eigenvalue weighted by Gasteiger charge is 2.23. The van der Waals surface area contributed by atoms with E-state index in [-0.39, 0.29) is 17.7 Å². The highest BCUT2D eigenvalue weighted by molar-refractivity contribution is 5.99. The van der Waals surface area contributed by atoms with Crippen LogP contribution in [-0.2, 0) is 4.74 Å². The molecule has 1 aromatic heterocycles. The molecule has 1 fully saturated rings. The average molecular weight is 261 g/mol. The van der Waals surface area contributed by atoms with E-state index in [9.17, 15) is 0 Å². The summed E-state index contributed by atoms with van der Waals surface area (Å²) < 4.78 is 5.32. The highest BCUT2D eigenvalue weighted by Crippen LogP contribution is 2.18. The predicted molar refractivity (Wildman–Crippen MR) is 74.5 cm³/mol. The molecule has 4 N–H and O–H groups in total. The number of hydrogen-bond acceptors (Lipinski definition) is 6. The standard InChI is InChI=1S/C13H19N5O/c1-18-6-4-9(5-7-18)12(15)19-13(16)10-2-3-11(14)17-8-10/h2-3,8-9,15-16H,4-7H2,1H3,(H2,14,17). The normalized spacial score (nSPS) is 17.1. The number of nitrogens with one attached hydrogen (secondary N) is 2. The van der Waals surface area contributed by atoms with Crippen molar-refractivity contribution in [3.63, 3.8) is 0 Å². The van der Waals surface area contributed by atoms with Crippen molar-refractivity contribution < 1.29 is 4.74 Å². The van der Waals surface area contributed by atoms with Crippen LogP contribution in [0.25, 0.3) is 0 Å². The van der Waals surface area contributed by atoms with Gasteiger partial charge >= 0.3 is 0 Å². The Morgan fingerprint density at radius 3 is 2.63 bits per heavy atom. The second kappa shape index (κ2) is 5.79. The van der Waals surface area contributed by atoms with Crippen LogP contribution in [0.4, 0.5) is 5.82 Å². The van der Waals surface area contributed by atoms with Crippen LogP contribution in [0.15, 0.2) is 18.3 Å². The van der Waals surface area contributed by atoms with Gasteiger partial charge in [-0.3, -0.25) is 10.8 Å². The Bertz CT molecular complexity index is 462. The average Bonchev–Trinajstić information content (AvgIpc) is 2.40. The third-order valence-corrected chi connectivity index (χ3v) is 3.35. The molecule has 0 spiro atoms. The SMILES string of the molecule is CN1CCC(C(=N)OC(=N)c2ccc(N)nc2)CC1. The summed E-state index contributed by atoms with van der Waals surface area (Å²) in [5.41, 5.74) is 6.02. The quantitative estimate of drug-likeness (QED) is 0.552. The monoisotopic (exact) mass is 261 g/mol. The molecule has 1 saturated heterocycles. The van der Waals surface area contributed by atoms with Gasteiger partial charge in [0, 0.05) is 12.1 Å². The summed E-state index contributed by atoms with van der Waals surface area (Å²) in [7, 11) is 2.07. The van der Waals surface area contributed by atoms with E-state index in [4.69, 9.17) is 21.3 Å². The number of anilines is 1. The minimum absolute atomic E-state index is 0.0450. The zero-order valence-corrected chi connectivity index (χ0v) is 11.0. The fourth-order valence-corrected chi connectivity index (χ4v) is 2.06. The summed E-state index contributed by atoms with van der Waals surface area (Å²) in [4.78, 5) is 6.14. The Kier molecular flexibility index (Phi) is 4.11. The predicted octanol–water partition coefficient (Wildman–Crippen LogP) is 1.32. The van der Waals surface area contributed by atoms with Gasteiger partial charge in [0.1, 0.15) is 5.82 Å². The third kappa shape index (κ3) is 3.51. The minimum Gasteiger partial charge on any atom is -0.425 e. The first-order valence-electron chi connectivity index (χ1n) is 6.31. The van der Waals surface area contributed by atoms with Crippen LogP contribution in [0.1, 0.15) is 18.4 Å². The summed E-state index contributed by atoms with van der Waals surface area (Å²) in [5.74, 6) is 0.645. The first kappa shape index (κ1) is 13.5. The largest absolute Gasteiger partial charge is 0.425 e. The summed E-state index contributed by atoms with van der Waals surface area (Å²) in [5, 5.41) is 15.8. The number of nitrogens with two attached hydrogens (primary N) is 1. The molecule has 0 aliphatic carbocycles. The van der Waals surface area contributed by atoms with E-state index in [1.165, 1.54) is 6.20 Å². The lowest BCUT2D eigenvalue weighted by Gasteiger charge is -2.28. The smallest absolute Gasteiger partial charge is 0.222 e. The minimum atomic E-state index is -0.0450. The lowest BCUT2D eigenvalue weighted by Crippen LogP contribution is -2.34. The number of rotatable bonds is 2. The van der Waals surface area contributed by atoms with Crippen LogP contribution in [0.2, 0.25) is 0 Å². The first-order chi connectivity index (χ1) is 9.06. The molecule has 0 unspecified atom stereocenters. The summed E-state index contributed by atoms with van der Waals surface area (Å²) in [6.07, 6.45) is 3.30. The van der Waals surface area contributed by atoms with Gasteiger partial charge in [-0.25, -0.2) is 4.98 Å². The van der Waals surface area contributed by atoms with E-state index < -0.39 is 0 Å². The second-order valence-electron chi connectivity index (χ2n) is 4.84. The molecular formula is C13H19N5O. The Morgan fingerprint density at radius 1 is 1.37 bits per heavy atom. The zero-order chi connectivity index (χ0) is 13.8. The van der Waals surface area contributed by atoms with Crippen molar-refractivity contribution >= 4 is 17.6 Å². The Labute approximate surface area is 112 Å². The van der Waals surface area contributed by atoms with Gasteiger partial charge in [0.05, 0.1) is 5.56 Å². The van der Waals surface area contributed by atoms with Gasteiger partial charge < -0.3 is 15.4 Å². The van der Waals surface area contributed by atoms with Crippen LogP contribution in [0.5, 0.6) is 0 Å². The fraction of sp³-hybridized carbons (Fsp3) is 0.462. The van der Waals surface area contributed by atoms with Crippen molar-refractivity contribution in [2.24, 2.45) is 5.92 Å². The van der Waals surface area contributed by atoms with Gasteiger partial charge in [0.25, 0.3) is 0 Å². The molecule has 0 saturated carbocycles. The van der Waals surface area contributed by atoms with Crippen LogP contribution < -0.4 is 5.73 Å². The van der Waals surface area contributed by atoms with Gasteiger partial charge in [0.2, 0.25) is 5.90 Å². The van der Waals surface area contributed by atoms with Crippen LogP contribution in [-0.4, -0.2) is 41.8 Å². The van der Waals surface area contributed by atoms with Gasteiger partial charge in [-0.2, -0.15) is 0 Å². The van der Waals surface area contributed by atoms with Crippen molar-refractivity contribution in [2.45, 2.75) is 12.8 Å². The molecular weight excluding hydrogens is 242 g/mol. The van der Waals surface area contributed by atoms with Gasteiger partial charge in [-0.1, -0.05) is 0 Å². The molecule has 2 rings (SSSR count). The van der Waals surface area contributed by atoms with Crippen molar-refractivity contribution in [3.8, 4) is 0 Å². The van der Waals surface area contributed by atoms with E-state index in [1.54, 1.807) is 12.1 Å². The number of likely N-dealkylation sites (tertiary alicyclic amines) is 1. The first-order valence-corrected chi connectivity index (χ1v) is 6.31. The molecule has 1 aromatic rings. The van der Waals surface area contributed by atoms with Crippen LogP contribution >= 0.6 is 0 Å².